The predicted octanol–water partition coefficient (Wildman–Crippen LogP) is 4.20. The summed E-state index contributed by atoms with van der Waals surface area (Å²) in [5, 5.41) is 4.50. The second-order valence-corrected chi connectivity index (χ2v) is 19.7. The zero-order chi connectivity index (χ0) is 31.0. The Labute approximate surface area is 254 Å². The normalized spacial score (nSPS) is 16.5. The van der Waals surface area contributed by atoms with Crippen LogP contribution in [0.2, 0.25) is 0 Å². The van der Waals surface area contributed by atoms with Crippen LogP contribution in [0, 0.1) is 0 Å². The summed E-state index contributed by atoms with van der Waals surface area (Å²) in [6.45, 7) is 5.61. The molecule has 0 radical (unpaired) electrons. The minimum atomic E-state index is -3.58. The van der Waals surface area contributed by atoms with Gasteiger partial charge in [0.05, 0.1) is 5.75 Å². The quantitative estimate of drug-likeness (QED) is 0.236. The Kier molecular flexibility index (Phi) is 9.01. The third-order valence-corrected chi connectivity index (χ3v) is 12.1. The van der Waals surface area contributed by atoms with Crippen LogP contribution in [0.15, 0.2) is 66.9 Å². The molecule has 0 amide bonds. The Balaban J connectivity index is 1.42. The summed E-state index contributed by atoms with van der Waals surface area (Å²) in [6.07, 6.45) is 6.28. The molecule has 5 rings (SSSR count). The average molecular weight is 643 g/mol. The highest BCUT2D eigenvalue weighted by Crippen LogP contribution is 2.36. The molecule has 4 aromatic rings. The zero-order valence-electron chi connectivity index (χ0n) is 25.0. The minimum Gasteiger partial charge on any atom is -0.319 e. The number of piperidine rings is 1. The van der Waals surface area contributed by atoms with E-state index in [4.69, 9.17) is 4.98 Å². The van der Waals surface area contributed by atoms with Crippen LogP contribution in [0.3, 0.4) is 0 Å². The van der Waals surface area contributed by atoms with Crippen LogP contribution in [0.1, 0.15) is 41.0 Å². The van der Waals surface area contributed by atoms with Gasteiger partial charge in [0, 0.05) is 36.1 Å². The van der Waals surface area contributed by atoms with E-state index in [1.54, 1.807) is 24.0 Å². The van der Waals surface area contributed by atoms with Crippen LogP contribution in [-0.4, -0.2) is 87.6 Å². The average Bonchev–Trinajstić information content (AvgIpc) is 3.38. The highest BCUT2D eigenvalue weighted by atomic mass is 32.2. The summed E-state index contributed by atoms with van der Waals surface area (Å²) in [5.41, 5.74) is 4.35. The molecule has 1 aliphatic rings. The van der Waals surface area contributed by atoms with E-state index in [0.717, 1.165) is 53.5 Å². The van der Waals surface area contributed by atoms with E-state index in [-0.39, 0.29) is 23.9 Å². The van der Waals surface area contributed by atoms with E-state index in [2.05, 4.69) is 16.1 Å². The first kappa shape index (κ1) is 31.6. The molecule has 1 atom stereocenters. The Morgan fingerprint density at radius 1 is 0.930 bits per heavy atom. The highest BCUT2D eigenvalue weighted by Gasteiger charge is 2.31. The van der Waals surface area contributed by atoms with E-state index >= 15 is 0 Å². The van der Waals surface area contributed by atoms with Crippen LogP contribution >= 0.6 is 7.14 Å². The van der Waals surface area contributed by atoms with E-state index < -0.39 is 32.1 Å². The van der Waals surface area contributed by atoms with Crippen LogP contribution < -0.4 is 5.30 Å². The topological polar surface area (TPSA) is 119 Å². The molecule has 0 N–H and O–H groups in total. The van der Waals surface area contributed by atoms with Crippen molar-refractivity contribution in [3.63, 3.8) is 0 Å². The number of sulfone groups is 2. The fourth-order valence-electron chi connectivity index (χ4n) is 5.80. The Hall–Kier alpha value is -2.85. The molecule has 1 fully saturated rings. The summed E-state index contributed by atoms with van der Waals surface area (Å²) in [5.74, 6) is 0.669. The summed E-state index contributed by atoms with van der Waals surface area (Å²) in [4.78, 5) is 6.97. The second-order valence-electron chi connectivity index (χ2n) is 12.0. The van der Waals surface area contributed by atoms with E-state index in [1.165, 1.54) is 12.5 Å². The Morgan fingerprint density at radius 2 is 1.60 bits per heavy atom. The van der Waals surface area contributed by atoms with Crippen LogP contribution in [-0.2, 0) is 30.7 Å². The van der Waals surface area contributed by atoms with Crippen molar-refractivity contribution in [3.8, 4) is 11.1 Å². The standard InChI is InChI=1S/C31H39N4O5PS2/c1-41(2,36)26-13-11-23(12-14-26)28-10-7-17-35-31(28)32-30(33-35)29(43(4,39)40)22-25-8-5-6-9-27(25)24-15-18-34(19-16-24)20-21-42(3,37)38/h5-14,17,24,29H,15-16,18-22H2,1-4H3. The summed E-state index contributed by atoms with van der Waals surface area (Å²) < 4.78 is 63.7. The highest BCUT2D eigenvalue weighted by molar-refractivity contribution is 7.91. The van der Waals surface area contributed by atoms with Crippen LogP contribution in [0.4, 0.5) is 0 Å². The van der Waals surface area contributed by atoms with Gasteiger partial charge >= 0.3 is 0 Å². The molecule has 1 aliphatic heterocycles. The number of nitrogens with zero attached hydrogens (tertiary/aromatic N) is 4. The van der Waals surface area contributed by atoms with Crippen molar-refractivity contribution >= 4 is 37.8 Å². The maximum absolute atomic E-state index is 13.2. The van der Waals surface area contributed by atoms with Crippen molar-refractivity contribution in [3.05, 3.63) is 83.8 Å². The molecule has 0 spiro atoms. The van der Waals surface area contributed by atoms with Gasteiger partial charge in [-0.3, -0.25) is 0 Å². The first-order valence-corrected chi connectivity index (χ1v) is 21.0. The molecular weight excluding hydrogens is 603 g/mol. The fraction of sp³-hybridized carbons (Fsp3) is 0.419. The molecule has 0 bridgehead atoms. The van der Waals surface area contributed by atoms with Gasteiger partial charge in [0.15, 0.2) is 21.3 Å². The monoisotopic (exact) mass is 642 g/mol. The van der Waals surface area contributed by atoms with Gasteiger partial charge in [-0.05, 0) is 80.4 Å². The predicted molar refractivity (Wildman–Crippen MR) is 173 cm³/mol. The lowest BCUT2D eigenvalue weighted by atomic mass is 9.85. The van der Waals surface area contributed by atoms with Gasteiger partial charge in [0.1, 0.15) is 22.2 Å². The molecule has 3 heterocycles. The van der Waals surface area contributed by atoms with Crippen molar-refractivity contribution in [1.29, 1.82) is 0 Å². The van der Waals surface area contributed by atoms with Gasteiger partial charge in [-0.25, -0.2) is 26.3 Å². The number of likely N-dealkylation sites (tertiary alicyclic amines) is 1. The summed E-state index contributed by atoms with van der Waals surface area (Å²) in [7, 11) is -8.97. The smallest absolute Gasteiger partial charge is 0.170 e. The Bertz CT molecular complexity index is 1870. The molecule has 1 unspecified atom stereocenters. The fourth-order valence-corrected chi connectivity index (χ4v) is 8.22. The molecule has 230 valence electrons. The SMILES string of the molecule is CP(C)(=O)c1ccc(-c2cccn3nc(C(Cc4ccccc4C4CCN(CCS(C)(=O)=O)CC4)S(C)(=O)=O)nc23)cc1. The van der Waals surface area contributed by atoms with E-state index in [9.17, 15) is 21.4 Å². The number of rotatable bonds is 10. The minimum absolute atomic E-state index is 0.156. The van der Waals surface area contributed by atoms with Crippen molar-refractivity contribution in [2.45, 2.75) is 30.4 Å². The number of pyridine rings is 1. The number of fused-ring (bicyclic) bond motifs is 1. The molecule has 12 heteroatoms. The third kappa shape index (κ3) is 7.63. The van der Waals surface area contributed by atoms with Gasteiger partial charge in [-0.1, -0.05) is 48.5 Å². The summed E-state index contributed by atoms with van der Waals surface area (Å²) in [6, 6.07) is 19.3. The molecule has 1 saturated heterocycles. The molecule has 2 aromatic heterocycles. The molecule has 2 aromatic carbocycles. The van der Waals surface area contributed by atoms with Crippen molar-refractivity contribution in [2.24, 2.45) is 0 Å². The largest absolute Gasteiger partial charge is 0.319 e. The second kappa shape index (κ2) is 12.3. The van der Waals surface area contributed by atoms with Crippen LogP contribution in [0.25, 0.3) is 16.8 Å². The number of hydrogen-bond acceptors (Lipinski definition) is 8. The molecule has 9 nitrogen and oxygen atoms in total. The maximum Gasteiger partial charge on any atom is 0.170 e. The van der Waals surface area contributed by atoms with Gasteiger partial charge in [0.25, 0.3) is 0 Å². The van der Waals surface area contributed by atoms with E-state index in [1.807, 2.05) is 54.6 Å². The molecular formula is C31H39N4O5PS2. The molecule has 43 heavy (non-hydrogen) atoms. The zero-order valence-corrected chi connectivity index (χ0v) is 27.6. The van der Waals surface area contributed by atoms with Crippen LogP contribution in [0.5, 0.6) is 0 Å². The first-order chi connectivity index (χ1) is 20.2. The summed E-state index contributed by atoms with van der Waals surface area (Å²) >= 11 is 0. The number of benzene rings is 2. The van der Waals surface area contributed by atoms with Gasteiger partial charge in [-0.15, -0.1) is 5.10 Å². The molecule has 0 saturated carbocycles. The lowest BCUT2D eigenvalue weighted by molar-refractivity contribution is 0.223. The lowest BCUT2D eigenvalue weighted by Crippen LogP contribution is -2.36. The third-order valence-electron chi connectivity index (χ3n) is 8.25. The van der Waals surface area contributed by atoms with Gasteiger partial charge in [-0.2, -0.15) is 0 Å². The number of hydrogen-bond donors (Lipinski definition) is 0. The van der Waals surface area contributed by atoms with Gasteiger partial charge < -0.3 is 9.46 Å². The van der Waals surface area contributed by atoms with Crippen molar-refractivity contribution in [2.75, 3.05) is 51.2 Å². The van der Waals surface area contributed by atoms with Crippen molar-refractivity contribution < 1.29 is 21.4 Å². The van der Waals surface area contributed by atoms with Gasteiger partial charge in [0.2, 0.25) is 0 Å². The molecule has 0 aliphatic carbocycles. The lowest BCUT2D eigenvalue weighted by Gasteiger charge is -2.33. The van der Waals surface area contributed by atoms with E-state index in [0.29, 0.717) is 12.2 Å². The Morgan fingerprint density at radius 3 is 2.23 bits per heavy atom. The van der Waals surface area contributed by atoms with Crippen molar-refractivity contribution in [1.82, 2.24) is 19.5 Å². The first-order valence-electron chi connectivity index (χ1n) is 14.4. The maximum atomic E-state index is 13.2. The number of aromatic nitrogens is 3.